The lowest BCUT2D eigenvalue weighted by Gasteiger charge is -2.26. The lowest BCUT2D eigenvalue weighted by molar-refractivity contribution is -0.134. The normalized spacial score (nSPS) is 13.8. The maximum atomic E-state index is 14.5. The van der Waals surface area contributed by atoms with Gasteiger partial charge in [-0.05, 0) is 67.3 Å². The molecule has 78 heavy (non-hydrogen) atoms. The smallest absolute Gasteiger partial charge is 0.243 e. The van der Waals surface area contributed by atoms with Crippen LogP contribution in [0.2, 0.25) is 0 Å². The number of amides is 8. The molecule has 8 amide bonds. The Morgan fingerprint density at radius 2 is 1.13 bits per heavy atom. The van der Waals surface area contributed by atoms with E-state index in [0.717, 1.165) is 16.5 Å². The van der Waals surface area contributed by atoms with Gasteiger partial charge in [-0.3, -0.25) is 43.3 Å². The van der Waals surface area contributed by atoms with Crippen LogP contribution in [-0.4, -0.2) is 130 Å². The number of unbranched alkanes of at least 4 members (excludes halogenated alkanes) is 1. The van der Waals surface area contributed by atoms with Crippen molar-refractivity contribution in [2.75, 3.05) is 19.6 Å². The van der Waals surface area contributed by atoms with E-state index in [-0.39, 0.29) is 63.4 Å². The van der Waals surface area contributed by atoms with E-state index in [1.54, 1.807) is 74.6 Å². The zero-order valence-electron chi connectivity index (χ0n) is 44.0. The minimum atomic E-state index is -1.33. The third kappa shape index (κ3) is 19.5. The Hall–Kier alpha value is -8.64. The van der Waals surface area contributed by atoms with Crippen LogP contribution in [0.3, 0.4) is 0 Å². The van der Waals surface area contributed by atoms with Gasteiger partial charge in [0.1, 0.15) is 36.3 Å². The van der Waals surface area contributed by atoms with Crippen molar-refractivity contribution in [3.05, 3.63) is 126 Å². The van der Waals surface area contributed by atoms with Crippen LogP contribution in [0.5, 0.6) is 0 Å². The largest absolute Gasteiger partial charge is 0.370 e. The number of carbonyl (C=O) groups is 8. The Labute approximate surface area is 452 Å². The molecule has 19 N–H and O–H groups in total. The topological polar surface area (TPSA) is 408 Å². The number of primary amides is 1. The number of aromatic nitrogens is 3. The molecule has 0 aliphatic rings. The number of H-pyrrole nitrogens is 2. The standard InChI is InChI=1S/C54H74N16O8/c1-32(2)46(47(57)72)70-53(78)43(25-34-16-7-4-8-17-34)68-50(75)40(21-13-23-61-54(58)59)65-45(71)30-63-49(74)44(26-35-28-62-39-19-10-9-18-37(35)39)69-51(76)41(20-11-12-22-55)66-52(77)42(24-33-14-5-3-6-15-33)67-48(73)38(56)27-36-29-60-31-64-36/h3-10,14-19,28-29,31-32,38,40-44,46,62H,11-13,20-27,30,55-56H2,1-2H3,(H2,57,72)(H,60,64)(H,63,74)(H,65,71)(H,66,77)(H,67,73)(H,68,75)(H,69,76)(H,70,78)(H4,58,59,61)/t38-,40-,41-,42-,43-,44-,46-/m0/s1. The lowest BCUT2D eigenvalue weighted by Crippen LogP contribution is -2.59. The number of imidazole rings is 1. The predicted molar refractivity (Wildman–Crippen MR) is 294 cm³/mol. The van der Waals surface area contributed by atoms with Crippen LogP contribution < -0.4 is 65.9 Å². The minimum absolute atomic E-state index is 0.0116. The molecule has 2 aromatic heterocycles. The number of para-hydroxylation sites is 1. The number of carbonyl (C=O) groups excluding carboxylic acids is 8. The van der Waals surface area contributed by atoms with Crippen LogP contribution in [0, 0.1) is 5.92 Å². The van der Waals surface area contributed by atoms with Crippen LogP contribution in [0.15, 0.2) is 109 Å². The first-order valence-corrected chi connectivity index (χ1v) is 25.9. The van der Waals surface area contributed by atoms with Gasteiger partial charge in [0, 0.05) is 61.2 Å². The highest BCUT2D eigenvalue weighted by molar-refractivity contribution is 5.97. The summed E-state index contributed by atoms with van der Waals surface area (Å²) in [7, 11) is 0. The highest BCUT2D eigenvalue weighted by atomic mass is 16.2. The van der Waals surface area contributed by atoms with E-state index in [9.17, 15) is 38.4 Å². The van der Waals surface area contributed by atoms with Gasteiger partial charge in [-0.25, -0.2) is 4.98 Å². The molecule has 7 atom stereocenters. The number of guanidine groups is 1. The molecule has 3 aromatic carbocycles. The van der Waals surface area contributed by atoms with Gasteiger partial charge in [-0.2, -0.15) is 0 Å². The van der Waals surface area contributed by atoms with E-state index < -0.39 is 96.1 Å². The molecule has 0 fully saturated rings. The highest BCUT2D eigenvalue weighted by Crippen LogP contribution is 2.20. The van der Waals surface area contributed by atoms with Gasteiger partial charge >= 0.3 is 0 Å². The second kappa shape index (κ2) is 30.8. The number of benzene rings is 3. The molecule has 0 aliphatic carbocycles. The van der Waals surface area contributed by atoms with Crippen LogP contribution in [-0.2, 0) is 64.0 Å². The van der Waals surface area contributed by atoms with Crippen molar-refractivity contribution in [1.29, 1.82) is 0 Å². The summed E-state index contributed by atoms with van der Waals surface area (Å²) in [6, 6.07) is 16.8. The molecule has 0 saturated heterocycles. The number of aliphatic imine (C=N–C) groups is 1. The number of nitrogens with one attached hydrogen (secondary N) is 9. The molecule has 0 saturated carbocycles. The van der Waals surface area contributed by atoms with E-state index in [0.29, 0.717) is 36.2 Å². The fraction of sp³-hybridized carbons (Fsp3) is 0.407. The minimum Gasteiger partial charge on any atom is -0.370 e. The summed E-state index contributed by atoms with van der Waals surface area (Å²) in [6.07, 6.45) is 6.02. The molecule has 0 spiro atoms. The fourth-order valence-corrected chi connectivity index (χ4v) is 8.56. The van der Waals surface area contributed by atoms with Gasteiger partial charge < -0.3 is 75.9 Å². The Morgan fingerprint density at radius 1 is 0.590 bits per heavy atom. The molecule has 5 aromatic rings. The van der Waals surface area contributed by atoms with Crippen LogP contribution in [0.1, 0.15) is 68.3 Å². The third-order valence-corrected chi connectivity index (χ3v) is 12.8. The average molecular weight is 1080 g/mol. The molecular formula is C54H74N16O8. The summed E-state index contributed by atoms with van der Waals surface area (Å²) >= 11 is 0. The Balaban J connectivity index is 1.36. The first-order valence-electron chi connectivity index (χ1n) is 25.9. The number of fused-ring (bicyclic) bond motifs is 1. The van der Waals surface area contributed by atoms with Gasteiger partial charge in [-0.1, -0.05) is 92.7 Å². The van der Waals surface area contributed by atoms with E-state index in [1.807, 2.05) is 30.3 Å². The van der Waals surface area contributed by atoms with Crippen molar-refractivity contribution in [3.63, 3.8) is 0 Å². The maximum Gasteiger partial charge on any atom is 0.243 e. The predicted octanol–water partition coefficient (Wildman–Crippen LogP) is -1.16. The Kier molecular flexibility index (Phi) is 23.8. The maximum absolute atomic E-state index is 14.5. The first-order chi connectivity index (χ1) is 37.4. The molecule has 24 heteroatoms. The van der Waals surface area contributed by atoms with Crippen LogP contribution >= 0.6 is 0 Å². The van der Waals surface area contributed by atoms with Crippen LogP contribution in [0.4, 0.5) is 0 Å². The Morgan fingerprint density at radius 3 is 1.71 bits per heavy atom. The molecule has 418 valence electrons. The van der Waals surface area contributed by atoms with Crippen molar-refractivity contribution >= 4 is 64.1 Å². The summed E-state index contributed by atoms with van der Waals surface area (Å²) in [4.78, 5) is 125. The monoisotopic (exact) mass is 1070 g/mol. The summed E-state index contributed by atoms with van der Waals surface area (Å²) < 4.78 is 0. The van der Waals surface area contributed by atoms with Crippen molar-refractivity contribution in [1.82, 2.24) is 52.2 Å². The fourth-order valence-electron chi connectivity index (χ4n) is 8.56. The quantitative estimate of drug-likeness (QED) is 0.0138. The van der Waals surface area contributed by atoms with Crippen molar-refractivity contribution < 1.29 is 38.4 Å². The zero-order valence-corrected chi connectivity index (χ0v) is 44.0. The molecule has 0 radical (unpaired) electrons. The van der Waals surface area contributed by atoms with E-state index >= 15 is 0 Å². The number of hydrogen-bond donors (Lipinski definition) is 14. The molecule has 0 unspecified atom stereocenters. The number of hydrogen-bond acceptors (Lipinski definition) is 12. The molecule has 2 heterocycles. The van der Waals surface area contributed by atoms with Gasteiger partial charge in [0.05, 0.1) is 18.9 Å². The number of aromatic amines is 2. The SMILES string of the molecule is CC(C)[C@H](NC(=O)[C@H](Cc1ccccc1)NC(=O)[C@H](CCCN=C(N)N)NC(=O)CNC(=O)[C@H](Cc1c[nH]c2ccccc12)NC(=O)[C@H](CCCCN)NC(=O)[C@H](Cc1ccccc1)NC(=O)[C@@H](N)Cc1cnc[nH]1)C(N)=O. The lowest BCUT2D eigenvalue weighted by atomic mass is 10.0. The van der Waals surface area contributed by atoms with Crippen LogP contribution in [0.25, 0.3) is 10.9 Å². The van der Waals surface area contributed by atoms with Gasteiger partial charge in [0.25, 0.3) is 0 Å². The third-order valence-electron chi connectivity index (χ3n) is 12.8. The van der Waals surface area contributed by atoms with E-state index in [4.69, 9.17) is 28.7 Å². The number of nitrogens with zero attached hydrogens (tertiary/aromatic N) is 2. The highest BCUT2D eigenvalue weighted by Gasteiger charge is 2.33. The van der Waals surface area contributed by atoms with Crippen molar-refractivity contribution in [2.45, 2.75) is 114 Å². The summed E-state index contributed by atoms with van der Waals surface area (Å²) in [5, 5.41) is 19.7. The van der Waals surface area contributed by atoms with Gasteiger partial charge in [0.15, 0.2) is 5.96 Å². The van der Waals surface area contributed by atoms with Gasteiger partial charge in [-0.15, -0.1) is 0 Å². The molecule has 0 bridgehead atoms. The van der Waals surface area contributed by atoms with E-state index in [2.05, 4.69) is 57.2 Å². The van der Waals surface area contributed by atoms with Gasteiger partial charge in [0.2, 0.25) is 47.3 Å². The number of rotatable bonds is 32. The molecule has 24 nitrogen and oxygen atoms in total. The van der Waals surface area contributed by atoms with Crippen molar-refractivity contribution in [2.24, 2.45) is 39.6 Å². The van der Waals surface area contributed by atoms with Crippen molar-refractivity contribution in [3.8, 4) is 0 Å². The average Bonchev–Trinajstić information content (AvgIpc) is 4.10. The first kappa shape index (κ1) is 60.2. The zero-order chi connectivity index (χ0) is 56.6. The number of nitrogens with two attached hydrogens (primary N) is 5. The molecular weight excluding hydrogens is 1000 g/mol. The second-order valence-corrected chi connectivity index (χ2v) is 19.3. The molecule has 5 rings (SSSR count). The Bertz CT molecular complexity index is 2790. The summed E-state index contributed by atoms with van der Waals surface area (Å²) in [6.45, 7) is 3.14. The molecule has 0 aliphatic heterocycles. The summed E-state index contributed by atoms with van der Waals surface area (Å²) in [5.74, 6) is -6.37. The summed E-state index contributed by atoms with van der Waals surface area (Å²) in [5.41, 5.74) is 32.2. The van der Waals surface area contributed by atoms with E-state index in [1.165, 1.54) is 12.5 Å². The second-order valence-electron chi connectivity index (χ2n) is 19.3.